The molecular formula is C26H30N10O5. The molecule has 3 aromatic heterocycles. The number of methoxy groups -OCH3 is 1. The van der Waals surface area contributed by atoms with Gasteiger partial charge in [-0.3, -0.25) is 15.0 Å². The number of esters is 1. The van der Waals surface area contributed by atoms with Gasteiger partial charge in [-0.05, 0) is 43.0 Å². The van der Waals surface area contributed by atoms with Gasteiger partial charge in [0.05, 0.1) is 23.9 Å². The largest absolute Gasteiger partial charge is 0.465 e. The molecule has 1 atom stereocenters. The molecule has 0 radical (unpaired) electrons. The summed E-state index contributed by atoms with van der Waals surface area (Å²) in [6.07, 6.45) is 3.65. The van der Waals surface area contributed by atoms with Gasteiger partial charge in [-0.25, -0.2) is 4.79 Å². The molecular weight excluding hydrogens is 532 g/mol. The molecule has 1 aromatic carbocycles. The number of benzene rings is 1. The first-order valence-electron chi connectivity index (χ1n) is 13.4. The number of aromatic nitrogens is 5. The number of piperazine rings is 1. The maximum absolute atomic E-state index is 11.8. The number of anilines is 3. The predicted octanol–water partition coefficient (Wildman–Crippen LogP) is 2.09. The maximum Gasteiger partial charge on any atom is 0.338 e. The summed E-state index contributed by atoms with van der Waals surface area (Å²) in [6, 6.07) is 8.03. The van der Waals surface area contributed by atoms with Crippen molar-refractivity contribution in [1.29, 1.82) is 0 Å². The van der Waals surface area contributed by atoms with E-state index < -0.39 is 10.9 Å². The fourth-order valence-electron chi connectivity index (χ4n) is 5.56. The first-order valence-corrected chi connectivity index (χ1v) is 13.4. The number of nitrogens with zero attached hydrogens (tertiary/aromatic N) is 9. The fraction of sp³-hybridized carbons (Fsp3) is 0.423. The number of nitro groups is 1. The Labute approximate surface area is 234 Å². The van der Waals surface area contributed by atoms with Gasteiger partial charge < -0.3 is 24.7 Å². The summed E-state index contributed by atoms with van der Waals surface area (Å²) in [6.45, 7) is 5.36. The number of fused-ring (bicyclic) bond motifs is 1. The molecule has 4 aromatic rings. The molecule has 2 aliphatic rings. The quantitative estimate of drug-likeness (QED) is 0.197. The number of nitro benzene ring substituents is 1. The van der Waals surface area contributed by atoms with Crippen molar-refractivity contribution in [2.75, 3.05) is 68.5 Å². The van der Waals surface area contributed by atoms with Gasteiger partial charge in [0.25, 0.3) is 11.5 Å². The third-order valence-corrected chi connectivity index (χ3v) is 7.59. The standard InChI is InChI=1S/C26H30N10O5/c1-40-23(37)18-6-7-19(20(14-18)36(38)39)33-11-9-32(10-12-33)15-17-4-2-8-34(16-17)25-29-24(27)35-26(30-25)28-22(31-35)21-5-3-13-41-21/h3,5-7,13-14,17H,2,4,8-12,15-16H2,1H3,(H2,27,28,29,30,31)/t17-/m0/s1. The molecule has 2 saturated heterocycles. The molecule has 0 spiro atoms. The third kappa shape index (κ3) is 5.35. The minimum absolute atomic E-state index is 0.0931. The van der Waals surface area contributed by atoms with Gasteiger partial charge in [0.15, 0.2) is 5.76 Å². The highest BCUT2D eigenvalue weighted by atomic mass is 16.6. The first kappa shape index (κ1) is 26.4. The molecule has 0 saturated carbocycles. The number of rotatable bonds is 7. The van der Waals surface area contributed by atoms with Crippen LogP contribution < -0.4 is 15.5 Å². The lowest BCUT2D eigenvalue weighted by atomic mass is 9.97. The summed E-state index contributed by atoms with van der Waals surface area (Å²) < 4.78 is 11.5. The van der Waals surface area contributed by atoms with E-state index >= 15 is 0 Å². The zero-order chi connectivity index (χ0) is 28.5. The Bertz CT molecular complexity index is 1560. The average Bonchev–Trinajstić information content (AvgIpc) is 3.68. The van der Waals surface area contributed by atoms with Crippen molar-refractivity contribution in [3.8, 4) is 11.6 Å². The van der Waals surface area contributed by atoms with Gasteiger partial charge >= 0.3 is 5.97 Å². The minimum Gasteiger partial charge on any atom is -0.465 e. The molecule has 6 rings (SSSR count). The molecule has 15 nitrogen and oxygen atoms in total. The van der Waals surface area contributed by atoms with Gasteiger partial charge in [0.2, 0.25) is 17.7 Å². The van der Waals surface area contributed by atoms with E-state index in [1.807, 2.05) is 4.90 Å². The highest BCUT2D eigenvalue weighted by Gasteiger charge is 2.29. The van der Waals surface area contributed by atoms with E-state index in [1.165, 1.54) is 17.7 Å². The smallest absolute Gasteiger partial charge is 0.338 e. The van der Waals surface area contributed by atoms with Crippen molar-refractivity contribution in [3.05, 3.63) is 52.3 Å². The van der Waals surface area contributed by atoms with Crippen molar-refractivity contribution >= 4 is 35.0 Å². The molecule has 2 aliphatic heterocycles. The normalized spacial score (nSPS) is 18.1. The third-order valence-electron chi connectivity index (χ3n) is 7.59. The van der Waals surface area contributed by atoms with E-state index in [0.29, 0.717) is 48.0 Å². The van der Waals surface area contributed by atoms with Gasteiger partial charge in [-0.2, -0.15) is 19.5 Å². The summed E-state index contributed by atoms with van der Waals surface area (Å²) in [4.78, 5) is 43.3. The highest BCUT2D eigenvalue weighted by Crippen LogP contribution is 2.31. The SMILES string of the molecule is COC(=O)c1ccc(N2CCN(C[C@@H]3CCCN(c4nc(N)n5nc(-c6ccco6)nc5n4)C3)CC2)c([N+](=O)[O-])c1. The Morgan fingerprint density at radius 2 is 1.98 bits per heavy atom. The Balaban J connectivity index is 1.09. The van der Waals surface area contributed by atoms with Crippen LogP contribution >= 0.6 is 0 Å². The van der Waals surface area contributed by atoms with Crippen LogP contribution in [0, 0.1) is 16.0 Å². The zero-order valence-corrected chi connectivity index (χ0v) is 22.5. The Morgan fingerprint density at radius 3 is 2.71 bits per heavy atom. The van der Waals surface area contributed by atoms with Crippen LogP contribution in [0.1, 0.15) is 23.2 Å². The lowest BCUT2D eigenvalue weighted by molar-refractivity contribution is -0.384. The molecule has 2 fully saturated rings. The van der Waals surface area contributed by atoms with Crippen LogP contribution in [0.5, 0.6) is 0 Å². The summed E-state index contributed by atoms with van der Waals surface area (Å²) in [5.41, 5.74) is 6.79. The Kier molecular flexibility index (Phi) is 7.09. The lowest BCUT2D eigenvalue weighted by Crippen LogP contribution is -2.50. The minimum atomic E-state index is -0.598. The van der Waals surface area contributed by atoms with Crippen LogP contribution in [0.25, 0.3) is 17.4 Å². The molecule has 0 amide bonds. The van der Waals surface area contributed by atoms with Crippen molar-refractivity contribution < 1.29 is 18.9 Å². The van der Waals surface area contributed by atoms with Crippen molar-refractivity contribution in [2.24, 2.45) is 5.92 Å². The number of ether oxygens (including phenoxy) is 1. The number of piperidine rings is 1. The summed E-state index contributed by atoms with van der Waals surface area (Å²) >= 11 is 0. The molecule has 41 heavy (non-hydrogen) atoms. The summed E-state index contributed by atoms with van der Waals surface area (Å²) in [5.74, 6) is 1.84. The van der Waals surface area contributed by atoms with E-state index in [9.17, 15) is 14.9 Å². The second-order valence-electron chi connectivity index (χ2n) is 10.2. The van der Waals surface area contributed by atoms with E-state index in [2.05, 4.69) is 29.9 Å². The van der Waals surface area contributed by atoms with Gasteiger partial charge in [0, 0.05) is 51.9 Å². The van der Waals surface area contributed by atoms with Crippen molar-refractivity contribution in [1.82, 2.24) is 29.5 Å². The van der Waals surface area contributed by atoms with Crippen LogP contribution in [0.15, 0.2) is 41.0 Å². The molecule has 5 heterocycles. The van der Waals surface area contributed by atoms with Crippen molar-refractivity contribution in [2.45, 2.75) is 12.8 Å². The van der Waals surface area contributed by atoms with E-state index in [-0.39, 0.29) is 17.2 Å². The van der Waals surface area contributed by atoms with Gasteiger partial charge in [-0.15, -0.1) is 5.10 Å². The van der Waals surface area contributed by atoms with E-state index in [0.717, 1.165) is 45.6 Å². The van der Waals surface area contributed by atoms with Crippen LogP contribution in [-0.2, 0) is 4.74 Å². The fourth-order valence-corrected chi connectivity index (χ4v) is 5.56. The second-order valence-corrected chi connectivity index (χ2v) is 10.2. The number of nitrogen functional groups attached to an aromatic ring is 1. The molecule has 15 heteroatoms. The number of hydrogen-bond acceptors (Lipinski definition) is 13. The maximum atomic E-state index is 11.8. The van der Waals surface area contributed by atoms with E-state index in [1.54, 1.807) is 30.5 Å². The van der Waals surface area contributed by atoms with Crippen LogP contribution in [0.2, 0.25) is 0 Å². The topological polar surface area (TPSA) is 174 Å². The molecule has 2 N–H and O–H groups in total. The number of carbonyl (C=O) groups excluding carboxylic acids is 1. The Morgan fingerprint density at radius 1 is 1.15 bits per heavy atom. The molecule has 0 bridgehead atoms. The zero-order valence-electron chi connectivity index (χ0n) is 22.5. The monoisotopic (exact) mass is 562 g/mol. The second kappa shape index (κ2) is 11.0. The summed E-state index contributed by atoms with van der Waals surface area (Å²) in [7, 11) is 1.25. The molecule has 0 unspecified atom stereocenters. The average molecular weight is 563 g/mol. The first-order chi connectivity index (χ1) is 19.9. The number of hydrogen-bond donors (Lipinski definition) is 1. The van der Waals surface area contributed by atoms with Crippen molar-refractivity contribution in [3.63, 3.8) is 0 Å². The predicted molar refractivity (Wildman–Crippen MR) is 149 cm³/mol. The Hall–Kier alpha value is -4.79. The highest BCUT2D eigenvalue weighted by molar-refractivity contribution is 5.91. The number of nitrogens with two attached hydrogens (primary N) is 1. The van der Waals surface area contributed by atoms with E-state index in [4.69, 9.17) is 14.9 Å². The van der Waals surface area contributed by atoms with Crippen LogP contribution in [-0.4, -0.2) is 93.3 Å². The number of carbonyl (C=O) groups is 1. The molecule has 214 valence electrons. The van der Waals surface area contributed by atoms with Crippen LogP contribution in [0.4, 0.5) is 23.3 Å². The summed E-state index contributed by atoms with van der Waals surface area (Å²) in [5, 5.41) is 16.1. The molecule has 0 aliphatic carbocycles. The number of furan rings is 1. The lowest BCUT2D eigenvalue weighted by Gasteiger charge is -2.39. The van der Waals surface area contributed by atoms with Gasteiger partial charge in [-0.1, -0.05) is 0 Å². The van der Waals surface area contributed by atoms with Crippen LogP contribution in [0.3, 0.4) is 0 Å². The van der Waals surface area contributed by atoms with Gasteiger partial charge in [0.1, 0.15) is 5.69 Å².